The second kappa shape index (κ2) is 4.76. The second-order valence-corrected chi connectivity index (χ2v) is 4.45. The molecule has 0 atom stereocenters. The summed E-state index contributed by atoms with van der Waals surface area (Å²) in [5.74, 6) is -0.193. The summed E-state index contributed by atoms with van der Waals surface area (Å²) < 4.78 is 0. The molecule has 1 saturated heterocycles. The SMILES string of the molecule is CCC1(CC)C(=O)NC(=O)N1Cc1cccnc1. The van der Waals surface area contributed by atoms with Crippen LogP contribution < -0.4 is 5.32 Å². The first-order chi connectivity index (χ1) is 8.64. The summed E-state index contributed by atoms with van der Waals surface area (Å²) in [6.45, 7) is 4.27. The third-order valence-corrected chi connectivity index (χ3v) is 3.64. The number of carbonyl (C=O) groups excluding carboxylic acids is 2. The maximum Gasteiger partial charge on any atom is 0.325 e. The van der Waals surface area contributed by atoms with E-state index in [-0.39, 0.29) is 11.9 Å². The molecule has 1 fully saturated rings. The molecule has 0 unspecified atom stereocenters. The summed E-state index contributed by atoms with van der Waals surface area (Å²) in [6, 6.07) is 3.41. The number of aromatic nitrogens is 1. The minimum absolute atomic E-state index is 0.193. The van der Waals surface area contributed by atoms with Crippen LogP contribution in [0.2, 0.25) is 0 Å². The van der Waals surface area contributed by atoms with E-state index in [0.717, 1.165) is 5.56 Å². The summed E-state index contributed by atoms with van der Waals surface area (Å²) in [5, 5.41) is 2.41. The molecule has 5 nitrogen and oxygen atoms in total. The van der Waals surface area contributed by atoms with Crippen molar-refractivity contribution in [1.29, 1.82) is 0 Å². The van der Waals surface area contributed by atoms with Crippen LogP contribution in [0, 0.1) is 0 Å². The second-order valence-electron chi connectivity index (χ2n) is 4.45. The van der Waals surface area contributed by atoms with Crippen LogP contribution in [0.5, 0.6) is 0 Å². The number of hydrogen-bond acceptors (Lipinski definition) is 3. The molecule has 0 bridgehead atoms. The van der Waals surface area contributed by atoms with Gasteiger partial charge >= 0.3 is 6.03 Å². The van der Waals surface area contributed by atoms with E-state index in [1.165, 1.54) is 0 Å². The van der Waals surface area contributed by atoms with Crippen LogP contribution in [0.3, 0.4) is 0 Å². The van der Waals surface area contributed by atoms with Gasteiger partial charge in [0.15, 0.2) is 0 Å². The normalized spacial score (nSPS) is 18.0. The van der Waals surface area contributed by atoms with Gasteiger partial charge in [-0.25, -0.2) is 4.79 Å². The summed E-state index contributed by atoms with van der Waals surface area (Å²) in [5.41, 5.74) is 0.209. The molecular formula is C13H17N3O2. The predicted octanol–water partition coefficient (Wildman–Crippen LogP) is 1.69. The molecule has 0 aliphatic carbocycles. The van der Waals surface area contributed by atoms with E-state index in [2.05, 4.69) is 10.3 Å². The molecule has 1 N–H and O–H groups in total. The van der Waals surface area contributed by atoms with Crippen LogP contribution >= 0.6 is 0 Å². The van der Waals surface area contributed by atoms with Crippen molar-refractivity contribution in [1.82, 2.24) is 15.2 Å². The Morgan fingerprint density at radius 2 is 2.06 bits per heavy atom. The fourth-order valence-electron chi connectivity index (χ4n) is 2.45. The van der Waals surface area contributed by atoms with Gasteiger partial charge in [0.25, 0.3) is 5.91 Å². The number of nitrogens with one attached hydrogen (secondary N) is 1. The van der Waals surface area contributed by atoms with Crippen LogP contribution in [0.25, 0.3) is 0 Å². The van der Waals surface area contributed by atoms with Crippen LogP contribution in [0.1, 0.15) is 32.3 Å². The van der Waals surface area contributed by atoms with E-state index < -0.39 is 5.54 Å². The van der Waals surface area contributed by atoms with Crippen LogP contribution in [-0.2, 0) is 11.3 Å². The number of hydrogen-bond donors (Lipinski definition) is 1. The number of urea groups is 1. The molecule has 5 heteroatoms. The van der Waals surface area contributed by atoms with Crippen molar-refractivity contribution in [2.24, 2.45) is 0 Å². The fourth-order valence-corrected chi connectivity index (χ4v) is 2.45. The van der Waals surface area contributed by atoms with Gasteiger partial charge in [0.05, 0.1) is 6.54 Å². The molecular weight excluding hydrogens is 230 g/mol. The Kier molecular flexibility index (Phi) is 3.32. The lowest BCUT2D eigenvalue weighted by atomic mass is 9.91. The summed E-state index contributed by atoms with van der Waals surface area (Å²) in [7, 11) is 0. The average Bonchev–Trinajstić information content (AvgIpc) is 2.63. The van der Waals surface area contributed by atoms with E-state index in [1.54, 1.807) is 17.3 Å². The maximum absolute atomic E-state index is 12.0. The number of amides is 3. The van der Waals surface area contributed by atoms with Gasteiger partial charge < -0.3 is 4.90 Å². The van der Waals surface area contributed by atoms with E-state index in [0.29, 0.717) is 19.4 Å². The van der Waals surface area contributed by atoms with Gasteiger partial charge in [-0.3, -0.25) is 15.1 Å². The van der Waals surface area contributed by atoms with E-state index in [1.807, 2.05) is 26.0 Å². The van der Waals surface area contributed by atoms with Crippen molar-refractivity contribution in [3.8, 4) is 0 Å². The summed E-state index contributed by atoms with van der Waals surface area (Å²) in [6.07, 6.45) is 4.63. The van der Waals surface area contributed by atoms with Crippen LogP contribution in [-0.4, -0.2) is 27.4 Å². The smallest absolute Gasteiger partial charge is 0.305 e. The van der Waals surface area contributed by atoms with Gasteiger partial charge in [-0.2, -0.15) is 0 Å². The minimum atomic E-state index is -0.715. The third kappa shape index (κ3) is 1.85. The lowest BCUT2D eigenvalue weighted by Gasteiger charge is -2.33. The molecule has 3 amide bonds. The van der Waals surface area contributed by atoms with Gasteiger partial charge in [-0.1, -0.05) is 19.9 Å². The minimum Gasteiger partial charge on any atom is -0.305 e. The Bertz CT molecular complexity index is 455. The van der Waals surface area contributed by atoms with Gasteiger partial charge in [0.2, 0.25) is 0 Å². The van der Waals surface area contributed by atoms with E-state index >= 15 is 0 Å². The van der Waals surface area contributed by atoms with Crippen molar-refractivity contribution in [2.45, 2.75) is 38.8 Å². The zero-order valence-corrected chi connectivity index (χ0v) is 10.6. The molecule has 0 saturated carbocycles. The van der Waals surface area contributed by atoms with Gasteiger partial charge in [0, 0.05) is 12.4 Å². The quantitative estimate of drug-likeness (QED) is 0.823. The molecule has 2 heterocycles. The molecule has 1 aliphatic heterocycles. The Labute approximate surface area is 106 Å². The molecule has 0 aromatic carbocycles. The van der Waals surface area contributed by atoms with E-state index in [4.69, 9.17) is 0 Å². The van der Waals surface area contributed by atoms with Crippen LogP contribution in [0.4, 0.5) is 4.79 Å². The molecule has 1 aliphatic rings. The first kappa shape index (κ1) is 12.5. The number of rotatable bonds is 4. The number of pyridine rings is 1. The molecule has 2 rings (SSSR count). The van der Waals surface area contributed by atoms with Crippen LogP contribution in [0.15, 0.2) is 24.5 Å². The molecule has 18 heavy (non-hydrogen) atoms. The molecule has 0 spiro atoms. The highest BCUT2D eigenvalue weighted by Crippen LogP contribution is 2.30. The molecule has 1 aromatic rings. The Balaban J connectivity index is 2.29. The van der Waals surface area contributed by atoms with Crippen molar-refractivity contribution >= 4 is 11.9 Å². The maximum atomic E-state index is 12.0. The fraction of sp³-hybridized carbons (Fsp3) is 0.462. The monoisotopic (exact) mass is 247 g/mol. The summed E-state index contributed by atoms with van der Waals surface area (Å²) in [4.78, 5) is 29.5. The van der Waals surface area contributed by atoms with Gasteiger partial charge in [-0.05, 0) is 24.5 Å². The lowest BCUT2D eigenvalue weighted by Crippen LogP contribution is -2.48. The third-order valence-electron chi connectivity index (χ3n) is 3.64. The van der Waals surface area contributed by atoms with Crippen molar-refractivity contribution in [2.75, 3.05) is 0 Å². The first-order valence-corrected chi connectivity index (χ1v) is 6.16. The largest absolute Gasteiger partial charge is 0.325 e. The highest BCUT2D eigenvalue weighted by Gasteiger charge is 2.50. The molecule has 96 valence electrons. The van der Waals surface area contributed by atoms with Gasteiger partial charge in [-0.15, -0.1) is 0 Å². The zero-order valence-electron chi connectivity index (χ0n) is 10.6. The Morgan fingerprint density at radius 3 is 2.61 bits per heavy atom. The van der Waals surface area contributed by atoms with E-state index in [9.17, 15) is 9.59 Å². The number of carbonyl (C=O) groups is 2. The Hall–Kier alpha value is -1.91. The zero-order chi connectivity index (χ0) is 13.2. The standard InChI is InChI=1S/C13H17N3O2/c1-3-13(4-2)11(17)15-12(18)16(13)9-10-6-5-7-14-8-10/h5-8H,3-4,9H2,1-2H3,(H,15,17,18). The topological polar surface area (TPSA) is 62.3 Å². The number of imide groups is 1. The molecule has 0 radical (unpaired) electrons. The van der Waals surface area contributed by atoms with Crippen molar-refractivity contribution in [3.63, 3.8) is 0 Å². The predicted molar refractivity (Wildman–Crippen MR) is 66.6 cm³/mol. The van der Waals surface area contributed by atoms with Crippen molar-refractivity contribution in [3.05, 3.63) is 30.1 Å². The Morgan fingerprint density at radius 1 is 1.33 bits per heavy atom. The lowest BCUT2D eigenvalue weighted by molar-refractivity contribution is -0.127. The highest BCUT2D eigenvalue weighted by atomic mass is 16.2. The average molecular weight is 247 g/mol. The van der Waals surface area contributed by atoms with Crippen molar-refractivity contribution < 1.29 is 9.59 Å². The highest BCUT2D eigenvalue weighted by molar-refractivity contribution is 6.06. The first-order valence-electron chi connectivity index (χ1n) is 6.16. The number of nitrogens with zero attached hydrogens (tertiary/aromatic N) is 2. The van der Waals surface area contributed by atoms with Gasteiger partial charge in [0.1, 0.15) is 5.54 Å². The molecule has 1 aromatic heterocycles. The summed E-state index contributed by atoms with van der Waals surface area (Å²) >= 11 is 0.